The second-order valence-corrected chi connectivity index (χ2v) is 5.71. The van der Waals surface area contributed by atoms with Gasteiger partial charge in [0.05, 0.1) is 5.56 Å². The number of thioether (sulfide) groups is 1. The lowest BCUT2D eigenvalue weighted by Gasteiger charge is -2.12. The zero-order valence-corrected chi connectivity index (χ0v) is 11.2. The van der Waals surface area contributed by atoms with Crippen LogP contribution in [0.15, 0.2) is 23.1 Å². The molecule has 100 valence electrons. The van der Waals surface area contributed by atoms with E-state index in [1.165, 1.54) is 43.2 Å². The minimum atomic E-state index is -4.24. The van der Waals surface area contributed by atoms with E-state index in [9.17, 15) is 13.2 Å². The Morgan fingerprint density at radius 3 is 2.56 bits per heavy atom. The van der Waals surface area contributed by atoms with Crippen molar-refractivity contribution in [3.63, 3.8) is 0 Å². The van der Waals surface area contributed by atoms with Crippen LogP contribution in [0.2, 0.25) is 0 Å². The average Bonchev–Trinajstić information content (AvgIpc) is 3.12. The maximum atomic E-state index is 12.6. The molecule has 0 spiro atoms. The Kier molecular flexibility index (Phi) is 4.25. The minimum Gasteiger partial charge on any atom is -0.166 e. The highest BCUT2D eigenvalue weighted by atomic mass is 32.2. The lowest BCUT2D eigenvalue weighted by molar-refractivity contribution is -0.137. The fraction of sp³-hybridized carbons (Fsp3) is 0.571. The summed E-state index contributed by atoms with van der Waals surface area (Å²) in [7, 11) is 0. The number of hydrogen-bond acceptors (Lipinski definition) is 1. The van der Waals surface area contributed by atoms with Crippen molar-refractivity contribution in [1.82, 2.24) is 0 Å². The quantitative estimate of drug-likeness (QED) is 0.668. The van der Waals surface area contributed by atoms with Gasteiger partial charge in [0.25, 0.3) is 0 Å². The summed E-state index contributed by atoms with van der Waals surface area (Å²) in [5.41, 5.74) is 0.508. The van der Waals surface area contributed by atoms with Crippen molar-refractivity contribution in [2.45, 2.75) is 43.2 Å². The zero-order chi connectivity index (χ0) is 13.2. The highest BCUT2D eigenvalue weighted by Gasteiger charge is 2.30. The molecule has 2 rings (SSSR count). The SMILES string of the molecule is CSc1cc(C(F)(F)F)ccc1CCCC1CC1. The van der Waals surface area contributed by atoms with Crippen LogP contribution in [0.25, 0.3) is 0 Å². The van der Waals surface area contributed by atoms with Gasteiger partial charge in [0.2, 0.25) is 0 Å². The molecule has 0 atom stereocenters. The summed E-state index contributed by atoms with van der Waals surface area (Å²) in [4.78, 5) is 0.764. The molecule has 1 fully saturated rings. The van der Waals surface area contributed by atoms with Gasteiger partial charge in [-0.25, -0.2) is 0 Å². The Labute approximate surface area is 110 Å². The Morgan fingerprint density at radius 2 is 2.00 bits per heavy atom. The molecule has 0 amide bonds. The van der Waals surface area contributed by atoms with Crippen LogP contribution in [-0.4, -0.2) is 6.26 Å². The summed E-state index contributed by atoms with van der Waals surface area (Å²) in [6, 6.07) is 4.12. The Morgan fingerprint density at radius 1 is 1.28 bits per heavy atom. The van der Waals surface area contributed by atoms with Crippen LogP contribution in [0, 0.1) is 5.92 Å². The van der Waals surface area contributed by atoms with E-state index < -0.39 is 11.7 Å². The third-order valence-corrected chi connectivity index (χ3v) is 4.19. The Balaban J connectivity index is 2.04. The standard InChI is InChI=1S/C14H17F3S/c1-18-13-9-12(14(15,16)17)8-7-11(13)4-2-3-10-5-6-10/h7-10H,2-6H2,1H3. The smallest absolute Gasteiger partial charge is 0.166 e. The molecule has 1 saturated carbocycles. The molecule has 0 heterocycles. The van der Waals surface area contributed by atoms with Gasteiger partial charge >= 0.3 is 6.18 Å². The van der Waals surface area contributed by atoms with Gasteiger partial charge < -0.3 is 0 Å². The Hall–Kier alpha value is -0.640. The van der Waals surface area contributed by atoms with Crippen LogP contribution in [0.4, 0.5) is 13.2 Å². The molecule has 4 heteroatoms. The topological polar surface area (TPSA) is 0 Å². The van der Waals surface area contributed by atoms with Gasteiger partial charge in [-0.15, -0.1) is 11.8 Å². The third kappa shape index (κ3) is 3.67. The molecule has 0 aromatic heterocycles. The van der Waals surface area contributed by atoms with E-state index in [-0.39, 0.29) is 0 Å². The molecule has 1 aliphatic rings. The molecule has 0 bridgehead atoms. The van der Waals surface area contributed by atoms with E-state index in [0.29, 0.717) is 0 Å². The van der Waals surface area contributed by atoms with Crippen LogP contribution in [0.3, 0.4) is 0 Å². The second-order valence-electron chi connectivity index (χ2n) is 4.86. The molecular formula is C14H17F3S. The number of halogens is 3. The predicted octanol–water partition coefficient (Wildman–Crippen LogP) is 5.16. The highest BCUT2D eigenvalue weighted by molar-refractivity contribution is 7.98. The van der Waals surface area contributed by atoms with Crippen molar-refractivity contribution in [1.29, 1.82) is 0 Å². The molecule has 0 aliphatic heterocycles. The van der Waals surface area contributed by atoms with E-state index in [1.54, 1.807) is 6.07 Å². The van der Waals surface area contributed by atoms with Crippen LogP contribution >= 0.6 is 11.8 Å². The fourth-order valence-corrected chi connectivity index (χ4v) is 2.79. The van der Waals surface area contributed by atoms with E-state index in [4.69, 9.17) is 0 Å². The number of hydrogen-bond donors (Lipinski definition) is 0. The number of rotatable bonds is 5. The van der Waals surface area contributed by atoms with Gasteiger partial charge in [0.1, 0.15) is 0 Å². The maximum Gasteiger partial charge on any atom is 0.416 e. The van der Waals surface area contributed by atoms with Crippen molar-refractivity contribution in [2.24, 2.45) is 5.92 Å². The first-order valence-corrected chi connectivity index (χ1v) is 7.47. The van der Waals surface area contributed by atoms with Gasteiger partial charge in [-0.2, -0.15) is 13.2 Å². The van der Waals surface area contributed by atoms with Crippen LogP contribution in [0.5, 0.6) is 0 Å². The molecule has 1 aliphatic carbocycles. The van der Waals surface area contributed by atoms with Crippen LogP contribution in [-0.2, 0) is 12.6 Å². The molecule has 1 aromatic carbocycles. The van der Waals surface area contributed by atoms with Gasteiger partial charge in [0.15, 0.2) is 0 Å². The number of benzene rings is 1. The van der Waals surface area contributed by atoms with E-state index in [2.05, 4.69) is 0 Å². The van der Waals surface area contributed by atoms with E-state index in [1.807, 2.05) is 6.26 Å². The van der Waals surface area contributed by atoms with Gasteiger partial charge in [-0.1, -0.05) is 25.3 Å². The molecule has 0 saturated heterocycles. The highest BCUT2D eigenvalue weighted by Crippen LogP contribution is 2.36. The van der Waals surface area contributed by atoms with Crippen molar-refractivity contribution in [3.05, 3.63) is 29.3 Å². The lowest BCUT2D eigenvalue weighted by atomic mass is 10.0. The molecular weight excluding hydrogens is 257 g/mol. The summed E-state index contributed by atoms with van der Waals surface area (Å²) in [6.45, 7) is 0. The summed E-state index contributed by atoms with van der Waals surface area (Å²) < 4.78 is 37.8. The molecule has 0 N–H and O–H groups in total. The van der Waals surface area contributed by atoms with E-state index in [0.717, 1.165) is 29.2 Å². The molecule has 0 radical (unpaired) electrons. The second kappa shape index (κ2) is 5.55. The van der Waals surface area contributed by atoms with Crippen molar-refractivity contribution >= 4 is 11.8 Å². The normalized spacial score (nSPS) is 16.0. The average molecular weight is 274 g/mol. The van der Waals surface area contributed by atoms with Crippen LogP contribution in [0.1, 0.15) is 36.8 Å². The van der Waals surface area contributed by atoms with E-state index >= 15 is 0 Å². The third-order valence-electron chi connectivity index (χ3n) is 3.37. The first-order chi connectivity index (χ1) is 8.50. The minimum absolute atomic E-state index is 0.544. The fourth-order valence-electron chi connectivity index (χ4n) is 2.12. The first-order valence-electron chi connectivity index (χ1n) is 6.25. The molecule has 0 unspecified atom stereocenters. The summed E-state index contributed by atoms with van der Waals surface area (Å²) in [6.07, 6.45) is 3.46. The molecule has 18 heavy (non-hydrogen) atoms. The first kappa shape index (κ1) is 13.8. The Bertz CT molecular complexity index is 408. The van der Waals surface area contributed by atoms with Crippen molar-refractivity contribution in [3.8, 4) is 0 Å². The maximum absolute atomic E-state index is 12.6. The zero-order valence-electron chi connectivity index (χ0n) is 10.4. The molecule has 1 aromatic rings. The van der Waals surface area contributed by atoms with Crippen LogP contribution < -0.4 is 0 Å². The van der Waals surface area contributed by atoms with Gasteiger partial charge in [-0.05, 0) is 42.7 Å². The van der Waals surface area contributed by atoms with Gasteiger partial charge in [-0.3, -0.25) is 0 Å². The lowest BCUT2D eigenvalue weighted by Crippen LogP contribution is -2.05. The summed E-state index contributed by atoms with van der Waals surface area (Å²) >= 11 is 1.40. The molecule has 0 nitrogen and oxygen atoms in total. The largest absolute Gasteiger partial charge is 0.416 e. The predicted molar refractivity (Wildman–Crippen MR) is 68.9 cm³/mol. The number of alkyl halides is 3. The van der Waals surface area contributed by atoms with Gasteiger partial charge in [0, 0.05) is 4.90 Å². The van der Waals surface area contributed by atoms with Crippen molar-refractivity contribution < 1.29 is 13.2 Å². The monoisotopic (exact) mass is 274 g/mol. The summed E-state index contributed by atoms with van der Waals surface area (Å²) in [5.74, 6) is 0.886. The summed E-state index contributed by atoms with van der Waals surface area (Å²) in [5, 5.41) is 0. The van der Waals surface area contributed by atoms with Crippen molar-refractivity contribution in [2.75, 3.05) is 6.26 Å². The number of aryl methyl sites for hydroxylation is 1.